The minimum atomic E-state index is 0.0762. The van der Waals surface area contributed by atoms with Gasteiger partial charge in [0, 0.05) is 13.2 Å². The van der Waals surface area contributed by atoms with Gasteiger partial charge in [-0.05, 0) is 19.3 Å². The number of halogens is 1. The molecule has 0 bridgehead atoms. The van der Waals surface area contributed by atoms with E-state index in [0.29, 0.717) is 13.2 Å². The lowest BCUT2D eigenvalue weighted by Gasteiger charge is -2.40. The minimum Gasteiger partial charge on any atom is -0.379 e. The molecule has 4 heteroatoms. The summed E-state index contributed by atoms with van der Waals surface area (Å²) in [5.41, 5.74) is 0. The molecule has 0 aromatic carbocycles. The zero-order valence-electron chi connectivity index (χ0n) is 11.0. The van der Waals surface area contributed by atoms with Crippen molar-refractivity contribution in [3.63, 3.8) is 0 Å². The second-order valence-corrected chi connectivity index (χ2v) is 5.02. The summed E-state index contributed by atoms with van der Waals surface area (Å²) in [6.45, 7) is 7.16. The average molecular weight is 265 g/mol. The molecular formula is C13H25ClO3. The molecule has 3 unspecified atom stereocenters. The van der Waals surface area contributed by atoms with Crippen LogP contribution in [0.1, 0.15) is 39.5 Å². The Morgan fingerprint density at radius 3 is 2.47 bits per heavy atom. The molecule has 0 aromatic heterocycles. The second kappa shape index (κ2) is 9.15. The Kier molecular flexibility index (Phi) is 8.19. The predicted octanol–water partition coefficient (Wildman–Crippen LogP) is 2.99. The zero-order valence-corrected chi connectivity index (χ0v) is 11.7. The first-order valence-corrected chi connectivity index (χ1v) is 7.18. The molecule has 1 aliphatic carbocycles. The Morgan fingerprint density at radius 2 is 1.82 bits per heavy atom. The number of alkyl halides is 1. The van der Waals surface area contributed by atoms with E-state index < -0.39 is 0 Å². The van der Waals surface area contributed by atoms with Gasteiger partial charge in [0.15, 0.2) is 0 Å². The van der Waals surface area contributed by atoms with E-state index in [0.717, 1.165) is 32.5 Å². The fourth-order valence-corrected chi connectivity index (χ4v) is 2.17. The Balaban J connectivity index is 1.99. The van der Waals surface area contributed by atoms with E-state index in [1.54, 1.807) is 0 Å². The topological polar surface area (TPSA) is 27.7 Å². The first-order chi connectivity index (χ1) is 8.29. The van der Waals surface area contributed by atoms with Crippen molar-refractivity contribution in [3.8, 4) is 0 Å². The molecule has 102 valence electrons. The fraction of sp³-hybridized carbons (Fsp3) is 1.00. The highest BCUT2D eigenvalue weighted by Crippen LogP contribution is 2.31. The molecule has 0 heterocycles. The molecule has 1 fully saturated rings. The van der Waals surface area contributed by atoms with Crippen LogP contribution in [-0.4, -0.2) is 44.0 Å². The summed E-state index contributed by atoms with van der Waals surface area (Å²) in [5.74, 6) is 0. The summed E-state index contributed by atoms with van der Waals surface area (Å²) >= 11 is 6.09. The van der Waals surface area contributed by atoms with Crippen LogP contribution < -0.4 is 0 Å². The van der Waals surface area contributed by atoms with Gasteiger partial charge in [-0.25, -0.2) is 0 Å². The molecule has 1 rings (SSSR count). The average Bonchev–Trinajstić information content (AvgIpc) is 2.32. The lowest BCUT2D eigenvalue weighted by Crippen LogP contribution is -2.51. The molecule has 0 aromatic rings. The molecular weight excluding hydrogens is 240 g/mol. The largest absolute Gasteiger partial charge is 0.379 e. The van der Waals surface area contributed by atoms with Crippen LogP contribution >= 0.6 is 11.6 Å². The summed E-state index contributed by atoms with van der Waals surface area (Å²) in [5, 5.41) is 0.118. The summed E-state index contributed by atoms with van der Waals surface area (Å²) in [6, 6.07) is 0. The van der Waals surface area contributed by atoms with Crippen molar-refractivity contribution in [3.05, 3.63) is 0 Å². The van der Waals surface area contributed by atoms with Crippen LogP contribution in [0.4, 0.5) is 0 Å². The van der Waals surface area contributed by atoms with E-state index in [4.69, 9.17) is 25.8 Å². The van der Waals surface area contributed by atoms with Gasteiger partial charge in [0.1, 0.15) is 6.10 Å². The molecule has 0 saturated heterocycles. The van der Waals surface area contributed by atoms with Crippen LogP contribution in [0, 0.1) is 0 Å². The van der Waals surface area contributed by atoms with Gasteiger partial charge in [-0.15, -0.1) is 11.6 Å². The fourth-order valence-electron chi connectivity index (χ4n) is 1.76. The number of rotatable bonds is 10. The van der Waals surface area contributed by atoms with Crippen LogP contribution in [0.3, 0.4) is 0 Å². The van der Waals surface area contributed by atoms with E-state index in [2.05, 4.69) is 13.8 Å². The predicted molar refractivity (Wildman–Crippen MR) is 69.8 cm³/mol. The SMILES string of the molecule is CCCCOCCOC1CC(Cl)C1OCCC. The maximum Gasteiger partial charge on any atom is 0.100 e. The van der Waals surface area contributed by atoms with Gasteiger partial charge >= 0.3 is 0 Å². The van der Waals surface area contributed by atoms with Crippen molar-refractivity contribution >= 4 is 11.6 Å². The second-order valence-electron chi connectivity index (χ2n) is 4.46. The van der Waals surface area contributed by atoms with Gasteiger partial charge in [-0.1, -0.05) is 20.3 Å². The number of hydrogen-bond acceptors (Lipinski definition) is 3. The quantitative estimate of drug-likeness (QED) is 0.448. The van der Waals surface area contributed by atoms with E-state index in [1.807, 2.05) is 0 Å². The van der Waals surface area contributed by atoms with Gasteiger partial charge in [0.2, 0.25) is 0 Å². The molecule has 17 heavy (non-hydrogen) atoms. The molecule has 0 amide bonds. The summed E-state index contributed by atoms with van der Waals surface area (Å²) in [4.78, 5) is 0. The van der Waals surface area contributed by atoms with Gasteiger partial charge in [-0.2, -0.15) is 0 Å². The lowest BCUT2D eigenvalue weighted by molar-refractivity contribution is -0.131. The van der Waals surface area contributed by atoms with E-state index in [-0.39, 0.29) is 17.6 Å². The van der Waals surface area contributed by atoms with Crippen LogP contribution in [0.25, 0.3) is 0 Å². The first kappa shape index (κ1) is 15.2. The molecule has 0 aliphatic heterocycles. The number of unbranched alkanes of at least 4 members (excludes halogenated alkanes) is 1. The highest BCUT2D eigenvalue weighted by Gasteiger charge is 2.41. The molecule has 1 aliphatic rings. The number of hydrogen-bond donors (Lipinski definition) is 0. The van der Waals surface area contributed by atoms with Crippen LogP contribution in [-0.2, 0) is 14.2 Å². The van der Waals surface area contributed by atoms with Gasteiger partial charge in [0.05, 0.1) is 24.7 Å². The van der Waals surface area contributed by atoms with E-state index in [9.17, 15) is 0 Å². The van der Waals surface area contributed by atoms with E-state index >= 15 is 0 Å². The molecule has 0 radical (unpaired) electrons. The van der Waals surface area contributed by atoms with Crippen molar-refractivity contribution in [1.29, 1.82) is 0 Å². The monoisotopic (exact) mass is 264 g/mol. The normalized spacial score (nSPS) is 28.1. The third-order valence-electron chi connectivity index (χ3n) is 2.90. The first-order valence-electron chi connectivity index (χ1n) is 6.74. The summed E-state index contributed by atoms with van der Waals surface area (Å²) in [7, 11) is 0. The van der Waals surface area contributed by atoms with Crippen molar-refractivity contribution in [2.24, 2.45) is 0 Å². The highest BCUT2D eigenvalue weighted by atomic mass is 35.5. The molecule has 3 nitrogen and oxygen atoms in total. The van der Waals surface area contributed by atoms with Crippen molar-refractivity contribution < 1.29 is 14.2 Å². The molecule has 1 saturated carbocycles. The third kappa shape index (κ3) is 5.56. The van der Waals surface area contributed by atoms with Crippen LogP contribution in [0.2, 0.25) is 0 Å². The summed E-state index contributed by atoms with van der Waals surface area (Å²) < 4.78 is 16.8. The Hall–Kier alpha value is 0.170. The minimum absolute atomic E-state index is 0.0762. The highest BCUT2D eigenvalue weighted by molar-refractivity contribution is 6.21. The lowest BCUT2D eigenvalue weighted by atomic mass is 9.91. The van der Waals surface area contributed by atoms with Gasteiger partial charge in [0.25, 0.3) is 0 Å². The smallest absolute Gasteiger partial charge is 0.100 e. The zero-order chi connectivity index (χ0) is 12.5. The molecule has 3 atom stereocenters. The van der Waals surface area contributed by atoms with E-state index in [1.165, 1.54) is 6.42 Å². The maximum absolute atomic E-state index is 6.09. The molecule has 0 spiro atoms. The maximum atomic E-state index is 6.09. The third-order valence-corrected chi connectivity index (χ3v) is 3.32. The van der Waals surface area contributed by atoms with Crippen LogP contribution in [0.15, 0.2) is 0 Å². The standard InChI is InChI=1S/C13H25ClO3/c1-3-5-7-15-8-9-16-12-10-11(14)13(12)17-6-4-2/h11-13H,3-10H2,1-2H3. The Labute approximate surface area is 110 Å². The van der Waals surface area contributed by atoms with Gasteiger partial charge in [-0.3, -0.25) is 0 Å². The van der Waals surface area contributed by atoms with Crippen molar-refractivity contribution in [2.75, 3.05) is 26.4 Å². The Bertz CT molecular complexity index is 190. The Morgan fingerprint density at radius 1 is 1.00 bits per heavy atom. The van der Waals surface area contributed by atoms with Crippen molar-refractivity contribution in [2.45, 2.75) is 57.1 Å². The van der Waals surface area contributed by atoms with Crippen LogP contribution in [0.5, 0.6) is 0 Å². The van der Waals surface area contributed by atoms with Gasteiger partial charge < -0.3 is 14.2 Å². The van der Waals surface area contributed by atoms with Crippen molar-refractivity contribution in [1.82, 2.24) is 0 Å². The summed E-state index contributed by atoms with van der Waals surface area (Å²) in [6.07, 6.45) is 4.45. The number of ether oxygens (including phenoxy) is 3. The molecule has 0 N–H and O–H groups in total.